The Morgan fingerprint density at radius 3 is 1.16 bits per heavy atom. The van der Waals surface area contributed by atoms with Crippen molar-refractivity contribution in [3.05, 3.63) is 213 Å². The van der Waals surface area contributed by atoms with Crippen LogP contribution in [0.25, 0.3) is 65.2 Å². The predicted molar refractivity (Wildman–Crippen MR) is 396 cm³/mol. The Bertz CT molecular complexity index is 5180. The first-order valence-electron chi connectivity index (χ1n) is 35.2. The molecule has 6 aromatic carbocycles. The molecule has 3 fully saturated rings. The Kier molecular flexibility index (Phi) is 22.4. The van der Waals surface area contributed by atoms with Gasteiger partial charge in [-0.25, -0.2) is 19.4 Å². The fourth-order valence-corrected chi connectivity index (χ4v) is 15.3. The Morgan fingerprint density at radius 2 is 0.800 bits per heavy atom. The van der Waals surface area contributed by atoms with E-state index in [4.69, 9.17) is 53.3 Å². The number of phenols is 3. The van der Waals surface area contributed by atoms with Crippen LogP contribution in [0, 0.1) is 20.8 Å². The zero-order valence-electron chi connectivity index (χ0n) is 59.5. The number of benzene rings is 6. The van der Waals surface area contributed by atoms with Gasteiger partial charge < -0.3 is 57.0 Å². The van der Waals surface area contributed by atoms with Crippen molar-refractivity contribution >= 4 is 101 Å². The molecule has 544 valence electrons. The molecule has 3 aliphatic heterocycles. The molecule has 105 heavy (non-hydrogen) atoms. The third-order valence-corrected chi connectivity index (χ3v) is 19.8. The molecule has 3 saturated heterocycles. The average Bonchev–Trinajstić information content (AvgIpc) is 1.66. The largest absolute Gasteiger partial charge is 0.507 e. The summed E-state index contributed by atoms with van der Waals surface area (Å²) in [4.78, 5) is 72.6. The second-order valence-electron chi connectivity index (χ2n) is 25.7. The first-order chi connectivity index (χ1) is 51.1. The molecule has 3 atom stereocenters. The van der Waals surface area contributed by atoms with Crippen LogP contribution in [0.2, 0.25) is 5.15 Å². The summed E-state index contributed by atoms with van der Waals surface area (Å²) < 4.78 is 50.8. The number of ether oxygens (including phenoxy) is 6. The number of fused-ring (bicyclic) bond motifs is 9. The van der Waals surface area contributed by atoms with Gasteiger partial charge in [-0.3, -0.25) is 34.4 Å². The molecule has 0 radical (unpaired) electrons. The van der Waals surface area contributed by atoms with E-state index in [1.54, 1.807) is 78.6 Å². The Labute approximate surface area is 610 Å². The first-order valence-corrected chi connectivity index (χ1v) is 35.5. The molecule has 15 rings (SSSR count). The van der Waals surface area contributed by atoms with Crippen molar-refractivity contribution in [1.82, 2.24) is 34.6 Å². The minimum Gasteiger partial charge on any atom is -0.507 e. The normalized spacial score (nSPS) is 15.6. The number of hydrogen-bond acceptors (Lipinski definition) is 23. The van der Waals surface area contributed by atoms with Gasteiger partial charge in [-0.05, 0) is 94.6 Å². The lowest BCUT2D eigenvalue weighted by molar-refractivity contribution is -0.144. The van der Waals surface area contributed by atoms with Gasteiger partial charge >= 0.3 is 23.9 Å². The van der Waals surface area contributed by atoms with E-state index in [-0.39, 0.29) is 49.0 Å². The molecule has 3 aliphatic rings. The maximum atomic E-state index is 13.2. The van der Waals surface area contributed by atoms with Crippen molar-refractivity contribution in [3.8, 4) is 17.2 Å². The maximum Gasteiger partial charge on any atom is 0.342 e. The Hall–Kier alpha value is -10.5. The van der Waals surface area contributed by atoms with Gasteiger partial charge in [0.1, 0.15) is 73.1 Å². The molecule has 0 aliphatic carbocycles. The van der Waals surface area contributed by atoms with Gasteiger partial charge in [0.05, 0.1) is 78.0 Å². The third kappa shape index (κ3) is 14.4. The highest BCUT2D eigenvalue weighted by molar-refractivity contribution is 6.29. The van der Waals surface area contributed by atoms with Gasteiger partial charge in [0, 0.05) is 149 Å². The first kappa shape index (κ1) is 72.8. The van der Waals surface area contributed by atoms with E-state index in [0.717, 1.165) is 32.8 Å². The van der Waals surface area contributed by atoms with Crippen molar-refractivity contribution in [2.75, 3.05) is 112 Å². The number of phenolic OH excluding ortho intramolecular Hbond substituents is 3. The molecule has 0 amide bonds. The van der Waals surface area contributed by atoms with Crippen LogP contribution < -0.4 is 0 Å². The van der Waals surface area contributed by atoms with E-state index in [1.165, 1.54) is 7.11 Å². The summed E-state index contributed by atoms with van der Waals surface area (Å²) in [5.74, 6) is -0.0374. The van der Waals surface area contributed by atoms with Crippen LogP contribution in [-0.4, -0.2) is 186 Å². The molecule has 0 spiro atoms. The maximum absolute atomic E-state index is 13.2. The number of aromatic hydroxyl groups is 3. The zero-order valence-corrected chi connectivity index (χ0v) is 60.2. The number of nitrogens with zero attached hydrogens (tertiary/aromatic N) is 7. The van der Waals surface area contributed by atoms with Gasteiger partial charge in [-0.1, -0.05) is 84.4 Å². The molecule has 24 heteroatoms. The number of carbonyl (C=O) groups excluding carboxylic acids is 4. The van der Waals surface area contributed by atoms with Gasteiger partial charge in [0.15, 0.2) is 0 Å². The lowest BCUT2D eigenvalue weighted by Crippen LogP contribution is -2.49. The molecule has 23 nitrogen and oxygen atoms in total. The number of rotatable bonds is 17. The Balaban J connectivity index is 0.000000140. The smallest absolute Gasteiger partial charge is 0.342 e. The number of morpholine rings is 2. The van der Waals surface area contributed by atoms with Crippen molar-refractivity contribution in [2.24, 2.45) is 0 Å². The number of methoxy groups -OCH3 is 1. The van der Waals surface area contributed by atoms with Gasteiger partial charge in [-0.2, -0.15) is 0 Å². The molecular weight excluding hydrogens is 1360 g/mol. The number of pyridine rings is 3. The van der Waals surface area contributed by atoms with E-state index in [2.05, 4.69) is 34.6 Å². The van der Waals surface area contributed by atoms with E-state index in [0.29, 0.717) is 190 Å². The highest BCUT2D eigenvalue weighted by Gasteiger charge is 2.39. The fourth-order valence-electron chi connectivity index (χ4n) is 15.1. The molecule has 3 N–H and O–H groups in total. The van der Waals surface area contributed by atoms with E-state index >= 15 is 0 Å². The lowest BCUT2D eigenvalue weighted by atomic mass is 9.89. The molecular formula is C81H82ClN7O16. The number of aromatic nitrogens is 3. The van der Waals surface area contributed by atoms with E-state index in [9.17, 15) is 34.5 Å². The van der Waals surface area contributed by atoms with Crippen molar-refractivity contribution < 1.29 is 76.2 Å². The van der Waals surface area contributed by atoms with Crippen LogP contribution >= 0.6 is 11.6 Å². The number of aryl methyl sites for hydroxylation is 3. The minimum atomic E-state index is -0.493. The van der Waals surface area contributed by atoms with Gasteiger partial charge in [-0.15, -0.1) is 0 Å². The average molecular weight is 1450 g/mol. The zero-order chi connectivity index (χ0) is 73.6. The van der Waals surface area contributed by atoms with Gasteiger partial charge in [0.2, 0.25) is 0 Å². The summed E-state index contributed by atoms with van der Waals surface area (Å²) in [6.07, 6.45) is 8.57. The van der Waals surface area contributed by atoms with Crippen LogP contribution in [0.15, 0.2) is 153 Å². The monoisotopic (exact) mass is 1440 g/mol. The quantitative estimate of drug-likeness (QED) is 0.0434. The van der Waals surface area contributed by atoms with Crippen molar-refractivity contribution in [2.45, 2.75) is 59.7 Å². The number of carbonyl (C=O) groups is 4. The summed E-state index contributed by atoms with van der Waals surface area (Å²) in [6, 6.07) is 32.7. The summed E-state index contributed by atoms with van der Waals surface area (Å²) in [5, 5.41) is 41.4. The number of furan rings is 3. The second-order valence-corrected chi connectivity index (χ2v) is 26.0. The summed E-state index contributed by atoms with van der Waals surface area (Å²) in [7, 11) is 1.35. The Morgan fingerprint density at radius 1 is 0.457 bits per heavy atom. The SMILES string of the molecule is CCOC(=O)CN1CCN(C(c2ccncc2)c2c(O)c3ccccc3c3oc(C)c(C(=O)OCC)c23)CC1.CCOC(=O)c1c(C)oc2c1c(C(c1ccnc(Cl)c1)N1CCOCC1)c(O)c1ccccc12.COC(=O)c1c(C)oc2c1c(C(c1ccncc1)N1CCOCC1)c(O)c1ccccc12. The molecule has 3 unspecified atom stereocenters. The van der Waals surface area contributed by atoms with Crippen LogP contribution in [0.5, 0.6) is 17.2 Å². The second kappa shape index (κ2) is 32.3. The number of piperazine rings is 1. The summed E-state index contributed by atoms with van der Waals surface area (Å²) in [5.41, 5.74) is 7.17. The van der Waals surface area contributed by atoms with E-state index < -0.39 is 30.0 Å². The number of esters is 4. The standard InChI is InChI=1S/C30H33N3O6.C26H25ClN2O5.C25H24N2O5/c1-4-37-23(34)18-32-14-16-33(17-15-32)27(20-10-12-31-13-11-20)26-25-24(30(36)38-5-2)19(3)39-29(25)22-9-7-6-8-21(22)28(26)35;1-3-33-26(31)20-15(2)34-25-18-7-5-4-6-17(18)24(30)22(21(20)25)23(29-10-12-32-13-11-29)16-8-9-28-19(27)14-16;1-15-19(25(29)30-2)20-21(23(28)17-5-3-4-6-18(17)24(20)32-15)22(16-7-9-26-10-8-16)27-11-13-31-14-12-27/h6-13,27,35H,4-5,14-18H2,1-3H3;4-9,14,23,30H,3,10-13H2,1-2H3;3-10,22,28H,11-14H2,1-2H3. The fraction of sp³-hybridized carbons (Fsp3) is 0.321. The highest BCUT2D eigenvalue weighted by Crippen LogP contribution is 2.51. The summed E-state index contributed by atoms with van der Waals surface area (Å²) >= 11 is 6.29. The molecule has 6 aromatic heterocycles. The topological polar surface area (TPSA) is 275 Å². The summed E-state index contributed by atoms with van der Waals surface area (Å²) in [6.45, 7) is 19.1. The molecule has 12 aromatic rings. The van der Waals surface area contributed by atoms with Crippen molar-refractivity contribution in [1.29, 1.82) is 0 Å². The predicted octanol–water partition coefficient (Wildman–Crippen LogP) is 13.9. The van der Waals surface area contributed by atoms with Crippen LogP contribution in [-0.2, 0) is 33.2 Å². The number of hydrogen-bond donors (Lipinski definition) is 3. The molecule has 0 bridgehead atoms. The highest BCUT2D eigenvalue weighted by atomic mass is 35.5. The molecule has 9 heterocycles. The molecule has 0 saturated carbocycles. The minimum absolute atomic E-state index is 0.0962. The van der Waals surface area contributed by atoms with Crippen LogP contribution in [0.3, 0.4) is 0 Å². The van der Waals surface area contributed by atoms with Crippen molar-refractivity contribution in [3.63, 3.8) is 0 Å². The van der Waals surface area contributed by atoms with Crippen LogP contribution in [0.4, 0.5) is 0 Å². The van der Waals surface area contributed by atoms with Gasteiger partial charge in [0.25, 0.3) is 0 Å². The lowest BCUT2D eigenvalue weighted by Gasteiger charge is -2.39. The third-order valence-electron chi connectivity index (χ3n) is 19.6. The number of halogens is 1. The van der Waals surface area contributed by atoms with E-state index in [1.807, 2.05) is 103 Å². The van der Waals surface area contributed by atoms with Crippen LogP contribution in [0.1, 0.15) is 121 Å².